The summed E-state index contributed by atoms with van der Waals surface area (Å²) in [6, 6.07) is 16.3. The van der Waals surface area contributed by atoms with E-state index in [4.69, 9.17) is 0 Å². The highest BCUT2D eigenvalue weighted by atomic mass is 19.4. The number of hydrogen-bond acceptors (Lipinski definition) is 2. The monoisotopic (exact) mass is 286 g/mol. The summed E-state index contributed by atoms with van der Waals surface area (Å²) in [5.41, 5.74) is -2.29. The van der Waals surface area contributed by atoms with E-state index in [-0.39, 0.29) is 5.56 Å². The van der Waals surface area contributed by atoms with Gasteiger partial charge in [-0.2, -0.15) is 13.2 Å². The molecule has 0 amide bonds. The maximum Gasteiger partial charge on any atom is 0.442 e. The van der Waals surface area contributed by atoms with Crippen molar-refractivity contribution in [1.29, 1.82) is 0 Å². The number of halogens is 3. The number of hydrogen-bond donors (Lipinski definition) is 0. The third-order valence-corrected chi connectivity index (χ3v) is 3.80. The minimum atomic E-state index is -4.49. The molecule has 0 saturated carbocycles. The summed E-state index contributed by atoms with van der Waals surface area (Å²) in [7, 11) is 0. The van der Waals surface area contributed by atoms with Gasteiger partial charge in [-0.25, -0.2) is 0 Å². The number of alkyl halides is 3. The van der Waals surface area contributed by atoms with Crippen molar-refractivity contribution in [2.75, 3.05) is 0 Å². The van der Waals surface area contributed by atoms with Crippen LogP contribution in [0.3, 0.4) is 0 Å². The molecule has 1 heterocycles. The van der Waals surface area contributed by atoms with Crippen molar-refractivity contribution in [3.63, 3.8) is 0 Å². The van der Waals surface area contributed by atoms with Crippen LogP contribution >= 0.6 is 0 Å². The van der Waals surface area contributed by atoms with E-state index in [0.717, 1.165) is 21.5 Å². The third-order valence-electron chi connectivity index (χ3n) is 3.80. The summed E-state index contributed by atoms with van der Waals surface area (Å²) in [5, 5.41) is 10.2. The Morgan fingerprint density at radius 3 is 1.86 bits per heavy atom. The van der Waals surface area contributed by atoms with Crippen molar-refractivity contribution < 1.29 is 13.2 Å². The van der Waals surface area contributed by atoms with E-state index in [9.17, 15) is 13.2 Å². The maximum atomic E-state index is 13.0. The van der Waals surface area contributed by atoms with Gasteiger partial charge in [-0.1, -0.05) is 36.4 Å². The van der Waals surface area contributed by atoms with Crippen LogP contribution < -0.4 is 0 Å². The second-order valence-electron chi connectivity index (χ2n) is 5.13. The molecule has 1 aliphatic rings. The summed E-state index contributed by atoms with van der Waals surface area (Å²) in [6.07, 6.45) is -4.49. The second-order valence-corrected chi connectivity index (χ2v) is 5.13. The second kappa shape index (κ2) is 3.81. The lowest BCUT2D eigenvalue weighted by Gasteiger charge is -2.15. The molecular formula is C16H9F3N2. The van der Waals surface area contributed by atoms with Gasteiger partial charge in [0.25, 0.3) is 0 Å². The quantitative estimate of drug-likeness (QED) is 0.551. The van der Waals surface area contributed by atoms with Crippen LogP contribution in [-0.2, 0) is 5.66 Å². The Bertz CT molecular complexity index is 891. The van der Waals surface area contributed by atoms with Crippen molar-refractivity contribution in [2.24, 2.45) is 10.2 Å². The molecule has 0 aliphatic carbocycles. The van der Waals surface area contributed by atoms with Gasteiger partial charge in [0.05, 0.1) is 0 Å². The molecule has 3 aromatic carbocycles. The fourth-order valence-electron chi connectivity index (χ4n) is 2.60. The Balaban J connectivity index is 1.92. The van der Waals surface area contributed by atoms with Crippen LogP contribution in [0.15, 0.2) is 64.8 Å². The fourth-order valence-corrected chi connectivity index (χ4v) is 2.60. The van der Waals surface area contributed by atoms with E-state index in [1.807, 2.05) is 36.4 Å². The molecule has 0 spiro atoms. The molecule has 2 nitrogen and oxygen atoms in total. The lowest BCUT2D eigenvalue weighted by atomic mass is 9.97. The van der Waals surface area contributed by atoms with Gasteiger partial charge in [0, 0.05) is 5.56 Å². The van der Waals surface area contributed by atoms with Gasteiger partial charge in [-0.3, -0.25) is 0 Å². The molecule has 0 N–H and O–H groups in total. The van der Waals surface area contributed by atoms with Gasteiger partial charge in [0.1, 0.15) is 0 Å². The Labute approximate surface area is 117 Å². The topological polar surface area (TPSA) is 24.7 Å². The molecule has 21 heavy (non-hydrogen) atoms. The van der Waals surface area contributed by atoms with E-state index in [1.54, 1.807) is 6.07 Å². The van der Waals surface area contributed by atoms with Gasteiger partial charge in [-0.15, -0.1) is 10.2 Å². The standard InChI is InChI=1S/C16H9F3N2/c17-16(18,19)15(20-21-15)14-6-5-12-7-10-3-1-2-4-11(10)8-13(12)9-14/h1-9H. The van der Waals surface area contributed by atoms with E-state index in [0.29, 0.717) is 0 Å². The van der Waals surface area contributed by atoms with E-state index in [1.165, 1.54) is 12.1 Å². The number of fused-ring (bicyclic) bond motifs is 2. The SMILES string of the molecule is FC(F)(F)C1(c2ccc3cc4ccccc4cc3c2)N=N1. The molecule has 3 aromatic rings. The molecule has 4 rings (SSSR count). The molecular weight excluding hydrogens is 277 g/mol. The Kier molecular flexibility index (Phi) is 2.24. The third kappa shape index (κ3) is 1.73. The van der Waals surface area contributed by atoms with Crippen molar-refractivity contribution in [3.05, 3.63) is 60.2 Å². The summed E-state index contributed by atoms with van der Waals surface area (Å²) in [5.74, 6) is 0. The van der Waals surface area contributed by atoms with Crippen molar-refractivity contribution >= 4 is 21.5 Å². The Morgan fingerprint density at radius 2 is 1.29 bits per heavy atom. The van der Waals surface area contributed by atoms with Crippen LogP contribution in [0.5, 0.6) is 0 Å². The first-order valence-electron chi connectivity index (χ1n) is 6.43. The molecule has 0 fully saturated rings. The highest BCUT2D eigenvalue weighted by Crippen LogP contribution is 2.52. The summed E-state index contributed by atoms with van der Waals surface area (Å²) in [6.45, 7) is 0. The molecule has 0 radical (unpaired) electrons. The fraction of sp³-hybridized carbons (Fsp3) is 0.125. The maximum absolute atomic E-state index is 13.0. The van der Waals surface area contributed by atoms with Gasteiger partial charge in [0.2, 0.25) is 0 Å². The highest BCUT2D eigenvalue weighted by Gasteiger charge is 2.65. The van der Waals surface area contributed by atoms with Crippen LogP contribution in [0, 0.1) is 0 Å². The van der Waals surface area contributed by atoms with Crippen LogP contribution in [0.1, 0.15) is 5.56 Å². The predicted octanol–water partition coefficient (Wildman–Crippen LogP) is 5.17. The van der Waals surface area contributed by atoms with Gasteiger partial charge >= 0.3 is 11.8 Å². The van der Waals surface area contributed by atoms with E-state index >= 15 is 0 Å². The lowest BCUT2D eigenvalue weighted by molar-refractivity contribution is -0.166. The van der Waals surface area contributed by atoms with Crippen molar-refractivity contribution in [2.45, 2.75) is 11.8 Å². The summed E-state index contributed by atoms with van der Waals surface area (Å²) < 4.78 is 39.1. The molecule has 0 saturated heterocycles. The first-order chi connectivity index (χ1) is 9.99. The van der Waals surface area contributed by atoms with E-state index < -0.39 is 11.8 Å². The molecule has 0 aromatic heterocycles. The van der Waals surface area contributed by atoms with Gasteiger partial charge in [0.15, 0.2) is 0 Å². The highest BCUT2D eigenvalue weighted by molar-refractivity contribution is 5.98. The predicted molar refractivity (Wildman–Crippen MR) is 74.0 cm³/mol. The number of benzene rings is 3. The molecule has 104 valence electrons. The smallest absolute Gasteiger partial charge is 0.166 e. The van der Waals surface area contributed by atoms with Crippen molar-refractivity contribution in [3.8, 4) is 0 Å². The normalized spacial score (nSPS) is 16.5. The number of rotatable bonds is 1. The molecule has 1 aliphatic heterocycles. The number of nitrogens with zero attached hydrogens (tertiary/aromatic N) is 2. The molecule has 0 unspecified atom stereocenters. The lowest BCUT2D eigenvalue weighted by Crippen LogP contribution is -2.29. The minimum absolute atomic E-state index is 0.0674. The van der Waals surface area contributed by atoms with Gasteiger partial charge < -0.3 is 0 Å². The van der Waals surface area contributed by atoms with Crippen molar-refractivity contribution in [1.82, 2.24) is 0 Å². The Morgan fingerprint density at radius 1 is 0.714 bits per heavy atom. The average Bonchev–Trinajstić information content (AvgIpc) is 3.25. The molecule has 0 bridgehead atoms. The minimum Gasteiger partial charge on any atom is -0.166 e. The average molecular weight is 286 g/mol. The van der Waals surface area contributed by atoms with E-state index in [2.05, 4.69) is 10.2 Å². The van der Waals surface area contributed by atoms with Crippen LogP contribution in [-0.4, -0.2) is 6.18 Å². The molecule has 5 heteroatoms. The zero-order chi connectivity index (χ0) is 14.7. The zero-order valence-electron chi connectivity index (χ0n) is 10.7. The summed E-state index contributed by atoms with van der Waals surface area (Å²) in [4.78, 5) is 0. The Hall–Kier alpha value is -2.43. The van der Waals surface area contributed by atoms with Crippen LogP contribution in [0.2, 0.25) is 0 Å². The zero-order valence-corrected chi connectivity index (χ0v) is 10.7. The largest absolute Gasteiger partial charge is 0.442 e. The van der Waals surface area contributed by atoms with Crippen LogP contribution in [0.4, 0.5) is 13.2 Å². The first-order valence-corrected chi connectivity index (χ1v) is 6.43. The summed E-state index contributed by atoms with van der Waals surface area (Å²) >= 11 is 0. The van der Waals surface area contributed by atoms with Crippen LogP contribution in [0.25, 0.3) is 21.5 Å². The molecule has 0 atom stereocenters. The van der Waals surface area contributed by atoms with Gasteiger partial charge in [-0.05, 0) is 39.7 Å². The first kappa shape index (κ1) is 12.3.